The average Bonchev–Trinajstić information content (AvgIpc) is 3.06. The third-order valence-electron chi connectivity index (χ3n) is 2.80. The maximum atomic E-state index is 13.5. The molecule has 0 spiro atoms. The van der Waals surface area contributed by atoms with E-state index < -0.39 is 5.97 Å². The molecule has 0 saturated heterocycles. The molecule has 0 aliphatic heterocycles. The number of thiazole rings is 1. The van der Waals surface area contributed by atoms with Crippen molar-refractivity contribution in [1.82, 2.24) is 14.5 Å². The van der Waals surface area contributed by atoms with Crippen molar-refractivity contribution in [2.75, 3.05) is 5.75 Å². The molecule has 0 atom stereocenters. The molecular weight excluding hydrogens is 313 g/mol. The second-order valence-corrected chi connectivity index (χ2v) is 5.94. The van der Waals surface area contributed by atoms with Crippen LogP contribution in [-0.4, -0.2) is 31.4 Å². The molecule has 5 nitrogen and oxygen atoms in total. The van der Waals surface area contributed by atoms with E-state index >= 15 is 0 Å². The normalized spacial score (nSPS) is 11.1. The van der Waals surface area contributed by atoms with Crippen LogP contribution in [0.4, 0.5) is 4.39 Å². The zero-order valence-electron chi connectivity index (χ0n) is 10.7. The molecule has 108 valence electrons. The van der Waals surface area contributed by atoms with Crippen molar-refractivity contribution in [1.29, 1.82) is 0 Å². The van der Waals surface area contributed by atoms with E-state index in [1.54, 1.807) is 16.1 Å². The van der Waals surface area contributed by atoms with E-state index in [1.165, 1.54) is 23.5 Å². The fraction of sp³-hybridized carbons (Fsp3) is 0.154. The molecule has 0 fully saturated rings. The molecule has 3 aromatic rings. The van der Waals surface area contributed by atoms with Crippen LogP contribution >= 0.6 is 23.1 Å². The van der Waals surface area contributed by atoms with Gasteiger partial charge < -0.3 is 9.67 Å². The van der Waals surface area contributed by atoms with E-state index in [0.717, 1.165) is 17.5 Å². The summed E-state index contributed by atoms with van der Waals surface area (Å²) in [6, 6.07) is 4.33. The van der Waals surface area contributed by atoms with Gasteiger partial charge in [0.2, 0.25) is 0 Å². The van der Waals surface area contributed by atoms with Gasteiger partial charge in [0.25, 0.3) is 0 Å². The van der Waals surface area contributed by atoms with Gasteiger partial charge in [0.15, 0.2) is 5.16 Å². The number of carboxylic acid groups (broad SMARTS) is 1. The molecule has 1 aromatic carbocycles. The van der Waals surface area contributed by atoms with E-state index in [1.807, 2.05) is 5.38 Å². The highest BCUT2D eigenvalue weighted by atomic mass is 32.2. The number of nitrogens with zero attached hydrogens (tertiary/aromatic N) is 3. The number of imidazole rings is 1. The molecule has 0 saturated carbocycles. The largest absolute Gasteiger partial charge is 0.481 e. The first-order valence-corrected chi connectivity index (χ1v) is 7.94. The zero-order chi connectivity index (χ0) is 14.8. The number of aliphatic carboxylic acids is 1. The first kappa shape index (κ1) is 14.0. The number of hydrogen-bond acceptors (Lipinski definition) is 5. The number of benzene rings is 1. The Balaban J connectivity index is 2.04. The maximum absolute atomic E-state index is 13.5. The van der Waals surface area contributed by atoms with Crippen LogP contribution in [0.25, 0.3) is 11.0 Å². The summed E-state index contributed by atoms with van der Waals surface area (Å²) in [5.74, 6) is -1.36. The second kappa shape index (κ2) is 5.82. The lowest BCUT2D eigenvalue weighted by Crippen LogP contribution is -2.04. The topological polar surface area (TPSA) is 68.0 Å². The van der Waals surface area contributed by atoms with Crippen LogP contribution < -0.4 is 0 Å². The molecule has 0 amide bonds. The molecule has 0 aliphatic rings. The molecule has 0 bridgehead atoms. The highest BCUT2D eigenvalue weighted by Gasteiger charge is 2.14. The van der Waals surface area contributed by atoms with Gasteiger partial charge in [0, 0.05) is 5.38 Å². The number of hydrogen-bond donors (Lipinski definition) is 1. The summed E-state index contributed by atoms with van der Waals surface area (Å²) in [6.07, 6.45) is 0. The van der Waals surface area contributed by atoms with Gasteiger partial charge in [-0.25, -0.2) is 14.4 Å². The van der Waals surface area contributed by atoms with Gasteiger partial charge in [-0.2, -0.15) is 0 Å². The van der Waals surface area contributed by atoms with Crippen LogP contribution in [0.5, 0.6) is 0 Å². The lowest BCUT2D eigenvalue weighted by molar-refractivity contribution is -0.133. The number of carboxylic acids is 1. The van der Waals surface area contributed by atoms with Crippen molar-refractivity contribution < 1.29 is 14.3 Å². The molecule has 3 rings (SSSR count). The van der Waals surface area contributed by atoms with Crippen LogP contribution in [0.3, 0.4) is 0 Å². The number of rotatable bonds is 5. The molecule has 0 aliphatic carbocycles. The van der Waals surface area contributed by atoms with Crippen LogP contribution in [0.1, 0.15) is 5.69 Å². The predicted molar refractivity (Wildman–Crippen MR) is 79.3 cm³/mol. The van der Waals surface area contributed by atoms with Crippen molar-refractivity contribution in [3.8, 4) is 0 Å². The Bertz CT molecular complexity index is 786. The number of aromatic nitrogens is 3. The summed E-state index contributed by atoms with van der Waals surface area (Å²) in [5, 5.41) is 11.3. The first-order chi connectivity index (χ1) is 10.1. The second-order valence-electron chi connectivity index (χ2n) is 4.28. The summed E-state index contributed by atoms with van der Waals surface area (Å²) < 4.78 is 15.3. The number of carbonyl (C=O) groups is 1. The number of halogens is 1. The minimum Gasteiger partial charge on any atom is -0.481 e. The molecular formula is C13H10FN3O2S2. The summed E-state index contributed by atoms with van der Waals surface area (Å²) in [7, 11) is 0. The summed E-state index contributed by atoms with van der Waals surface area (Å²) in [4.78, 5) is 19.3. The molecule has 2 heterocycles. The summed E-state index contributed by atoms with van der Waals surface area (Å²) >= 11 is 2.59. The number of fused-ring (bicyclic) bond motifs is 1. The Labute approximate surface area is 127 Å². The van der Waals surface area contributed by atoms with E-state index in [4.69, 9.17) is 5.11 Å². The lowest BCUT2D eigenvalue weighted by Gasteiger charge is -2.06. The smallest absolute Gasteiger partial charge is 0.313 e. The van der Waals surface area contributed by atoms with Gasteiger partial charge >= 0.3 is 5.97 Å². The Morgan fingerprint density at radius 3 is 3.05 bits per heavy atom. The monoisotopic (exact) mass is 323 g/mol. The van der Waals surface area contributed by atoms with Crippen LogP contribution in [0.15, 0.2) is 34.2 Å². The van der Waals surface area contributed by atoms with Gasteiger partial charge in [-0.1, -0.05) is 11.8 Å². The van der Waals surface area contributed by atoms with Crippen molar-refractivity contribution in [2.45, 2.75) is 11.7 Å². The van der Waals surface area contributed by atoms with Crippen molar-refractivity contribution in [3.63, 3.8) is 0 Å². The Hall–Kier alpha value is -1.93. The molecule has 21 heavy (non-hydrogen) atoms. The molecule has 2 aromatic heterocycles. The Kier molecular flexibility index (Phi) is 3.89. The van der Waals surface area contributed by atoms with Crippen molar-refractivity contribution in [3.05, 3.63) is 40.6 Å². The predicted octanol–water partition coefficient (Wildman–Crippen LogP) is 2.86. The molecule has 0 unspecified atom stereocenters. The fourth-order valence-corrected chi connectivity index (χ4v) is 3.22. The minimum atomic E-state index is -0.918. The minimum absolute atomic E-state index is 0.0944. The number of thioether (sulfide) groups is 1. The van der Waals surface area contributed by atoms with E-state index in [2.05, 4.69) is 9.97 Å². The Morgan fingerprint density at radius 1 is 1.48 bits per heavy atom. The fourth-order valence-electron chi connectivity index (χ4n) is 1.94. The van der Waals surface area contributed by atoms with Crippen LogP contribution in [-0.2, 0) is 11.3 Å². The quantitative estimate of drug-likeness (QED) is 0.731. The van der Waals surface area contributed by atoms with Gasteiger partial charge in [-0.15, -0.1) is 11.3 Å². The highest BCUT2D eigenvalue weighted by molar-refractivity contribution is 7.99. The summed E-state index contributed by atoms with van der Waals surface area (Å²) in [5.41, 5.74) is 3.83. The van der Waals surface area contributed by atoms with Gasteiger partial charge in [0.05, 0.1) is 34.5 Å². The zero-order valence-corrected chi connectivity index (χ0v) is 12.3. The highest BCUT2D eigenvalue weighted by Crippen LogP contribution is 2.25. The van der Waals surface area contributed by atoms with Gasteiger partial charge in [-0.3, -0.25) is 4.79 Å². The van der Waals surface area contributed by atoms with Gasteiger partial charge in [-0.05, 0) is 18.2 Å². The van der Waals surface area contributed by atoms with Crippen LogP contribution in [0, 0.1) is 5.82 Å². The van der Waals surface area contributed by atoms with E-state index in [9.17, 15) is 9.18 Å². The van der Waals surface area contributed by atoms with Gasteiger partial charge in [0.1, 0.15) is 5.82 Å². The van der Waals surface area contributed by atoms with E-state index in [0.29, 0.717) is 22.7 Å². The maximum Gasteiger partial charge on any atom is 0.313 e. The Morgan fingerprint density at radius 2 is 2.33 bits per heavy atom. The van der Waals surface area contributed by atoms with Crippen molar-refractivity contribution in [2.24, 2.45) is 0 Å². The van der Waals surface area contributed by atoms with Crippen LogP contribution in [0.2, 0.25) is 0 Å². The third-order valence-corrected chi connectivity index (χ3v) is 4.40. The third kappa shape index (κ3) is 3.06. The molecule has 8 heteroatoms. The average molecular weight is 323 g/mol. The standard InChI is InChI=1S/C13H10FN3O2S2/c14-8-1-2-10-11(3-8)17(4-9-5-20-7-15-9)13(16-10)21-6-12(18)19/h1-3,5,7H,4,6H2,(H,18,19). The SMILES string of the molecule is O=C(O)CSc1nc2ccc(F)cc2n1Cc1cscn1. The summed E-state index contributed by atoms with van der Waals surface area (Å²) in [6.45, 7) is 0.436. The molecule has 0 radical (unpaired) electrons. The molecule has 1 N–H and O–H groups in total. The van der Waals surface area contributed by atoms with Crippen molar-refractivity contribution >= 4 is 40.1 Å². The first-order valence-electron chi connectivity index (χ1n) is 6.01. The van der Waals surface area contributed by atoms with E-state index in [-0.39, 0.29) is 11.6 Å². The lowest BCUT2D eigenvalue weighted by atomic mass is 10.3.